The first-order valence-electron chi connectivity index (χ1n) is 4.10. The smallest absolute Gasteiger partial charge is 0.246 e. The van der Waals surface area contributed by atoms with Gasteiger partial charge in [-0.05, 0) is 11.6 Å². The van der Waals surface area contributed by atoms with Gasteiger partial charge in [0.25, 0.3) is 0 Å². The number of hydrogen-bond acceptors (Lipinski definition) is 2. The topological polar surface area (TPSA) is 55.1 Å². The number of rotatable bonds is 1. The second-order valence-corrected chi connectivity index (χ2v) is 3.01. The van der Waals surface area contributed by atoms with Gasteiger partial charge in [0.15, 0.2) is 0 Å². The molecule has 0 radical (unpaired) electrons. The molecule has 1 heterocycles. The lowest BCUT2D eigenvalue weighted by Gasteiger charge is -2.15. The maximum Gasteiger partial charge on any atom is 0.246 e. The van der Waals surface area contributed by atoms with E-state index >= 15 is 0 Å². The molecule has 0 atom stereocenters. The molecule has 2 rings (SSSR count). The van der Waals surface area contributed by atoms with Crippen LogP contribution in [-0.2, 0) is 11.2 Å². The van der Waals surface area contributed by atoms with Gasteiger partial charge in [-0.3, -0.25) is 4.79 Å². The highest BCUT2D eigenvalue weighted by Crippen LogP contribution is 2.22. The number of hydrogen-bond donors (Lipinski definition) is 2. The first kappa shape index (κ1) is 7.86. The van der Waals surface area contributed by atoms with Crippen molar-refractivity contribution in [3.63, 3.8) is 0 Å². The number of fused-ring (bicyclic) bond motifs is 1. The van der Waals surface area contributed by atoms with Gasteiger partial charge < -0.3 is 11.1 Å². The molecule has 0 spiro atoms. The van der Waals surface area contributed by atoms with E-state index in [2.05, 4.69) is 5.32 Å². The summed E-state index contributed by atoms with van der Waals surface area (Å²) in [7, 11) is 0. The molecule has 1 aromatic rings. The van der Waals surface area contributed by atoms with Crippen molar-refractivity contribution in [3.8, 4) is 0 Å². The molecule has 3 heteroatoms. The average Bonchev–Trinajstić information content (AvgIpc) is 2.17. The number of nitrogens with one attached hydrogen (secondary N) is 1. The van der Waals surface area contributed by atoms with Gasteiger partial charge in [0.1, 0.15) is 0 Å². The highest BCUT2D eigenvalue weighted by atomic mass is 16.1. The Bertz CT molecular complexity index is 382. The van der Waals surface area contributed by atoms with Crippen molar-refractivity contribution >= 4 is 11.6 Å². The van der Waals surface area contributed by atoms with Crippen LogP contribution in [0.15, 0.2) is 36.0 Å². The standard InChI is InChI=1S/C10H10N2O/c11-10(13)8-5-7-3-1-2-4-9(7)12-6-8/h1-4,6,12H,5H2,(H2,11,13). The van der Waals surface area contributed by atoms with Crippen LogP contribution in [0.5, 0.6) is 0 Å². The molecule has 0 aliphatic carbocycles. The summed E-state index contributed by atoms with van der Waals surface area (Å²) in [5.41, 5.74) is 7.96. The molecule has 66 valence electrons. The third-order valence-corrected chi connectivity index (χ3v) is 2.12. The Labute approximate surface area is 76.2 Å². The summed E-state index contributed by atoms with van der Waals surface area (Å²) in [6, 6.07) is 7.86. The predicted molar refractivity (Wildman–Crippen MR) is 51.0 cm³/mol. The Kier molecular flexibility index (Phi) is 1.77. The van der Waals surface area contributed by atoms with Crippen molar-refractivity contribution in [1.29, 1.82) is 0 Å². The number of primary amides is 1. The fraction of sp³-hybridized carbons (Fsp3) is 0.100. The van der Waals surface area contributed by atoms with Crippen LogP contribution in [0.3, 0.4) is 0 Å². The molecule has 3 nitrogen and oxygen atoms in total. The number of amides is 1. The molecule has 3 N–H and O–H groups in total. The summed E-state index contributed by atoms with van der Waals surface area (Å²) in [6.07, 6.45) is 2.29. The molecule has 0 saturated carbocycles. The van der Waals surface area contributed by atoms with Crippen LogP contribution in [0.1, 0.15) is 5.56 Å². The summed E-state index contributed by atoms with van der Waals surface area (Å²) in [5, 5.41) is 3.03. The third kappa shape index (κ3) is 1.40. The van der Waals surface area contributed by atoms with Crippen molar-refractivity contribution in [2.24, 2.45) is 5.73 Å². The molecule has 1 aliphatic heterocycles. The summed E-state index contributed by atoms with van der Waals surface area (Å²) < 4.78 is 0. The minimum absolute atomic E-state index is 0.359. The largest absolute Gasteiger partial charge is 0.366 e. The van der Waals surface area contributed by atoms with Crippen molar-refractivity contribution in [3.05, 3.63) is 41.6 Å². The van der Waals surface area contributed by atoms with Gasteiger partial charge in [-0.15, -0.1) is 0 Å². The number of carbonyl (C=O) groups excluding carboxylic acids is 1. The quantitative estimate of drug-likeness (QED) is 0.668. The van der Waals surface area contributed by atoms with Crippen LogP contribution in [0.25, 0.3) is 0 Å². The van der Waals surface area contributed by atoms with Gasteiger partial charge in [0.2, 0.25) is 5.91 Å². The molecular formula is C10H10N2O. The summed E-state index contributed by atoms with van der Waals surface area (Å²) in [4.78, 5) is 10.9. The lowest BCUT2D eigenvalue weighted by molar-refractivity contribution is -0.114. The Hall–Kier alpha value is -1.77. The van der Waals surface area contributed by atoms with Crippen molar-refractivity contribution in [1.82, 2.24) is 0 Å². The van der Waals surface area contributed by atoms with Gasteiger partial charge in [-0.1, -0.05) is 18.2 Å². The molecule has 0 aromatic heterocycles. The Morgan fingerprint density at radius 2 is 2.15 bits per heavy atom. The fourth-order valence-electron chi connectivity index (χ4n) is 1.39. The van der Waals surface area contributed by atoms with Gasteiger partial charge in [-0.2, -0.15) is 0 Å². The summed E-state index contributed by atoms with van der Waals surface area (Å²) in [6.45, 7) is 0. The van der Waals surface area contributed by atoms with E-state index in [0.717, 1.165) is 11.3 Å². The normalized spacial score (nSPS) is 14.0. The van der Waals surface area contributed by atoms with Gasteiger partial charge in [0.05, 0.1) is 0 Å². The van der Waals surface area contributed by atoms with Crippen molar-refractivity contribution < 1.29 is 4.79 Å². The highest BCUT2D eigenvalue weighted by Gasteiger charge is 2.12. The molecule has 1 amide bonds. The van der Waals surface area contributed by atoms with E-state index in [1.807, 2.05) is 24.3 Å². The molecule has 1 aliphatic rings. The number of benzene rings is 1. The molecule has 0 unspecified atom stereocenters. The van der Waals surface area contributed by atoms with Crippen LogP contribution >= 0.6 is 0 Å². The lowest BCUT2D eigenvalue weighted by Crippen LogP contribution is -2.19. The van der Waals surface area contributed by atoms with Crippen LogP contribution in [-0.4, -0.2) is 5.91 Å². The predicted octanol–water partition coefficient (Wildman–Crippen LogP) is 1.02. The average molecular weight is 174 g/mol. The van der Waals surface area contributed by atoms with E-state index in [0.29, 0.717) is 12.0 Å². The SMILES string of the molecule is NC(=O)C1=CNc2ccccc2C1. The first-order chi connectivity index (χ1) is 6.27. The minimum Gasteiger partial charge on any atom is -0.366 e. The number of anilines is 1. The maximum atomic E-state index is 10.9. The maximum absolute atomic E-state index is 10.9. The number of para-hydroxylation sites is 1. The van der Waals surface area contributed by atoms with E-state index in [4.69, 9.17) is 5.73 Å². The van der Waals surface area contributed by atoms with Crippen molar-refractivity contribution in [2.45, 2.75) is 6.42 Å². The van der Waals surface area contributed by atoms with Gasteiger partial charge >= 0.3 is 0 Å². The van der Waals surface area contributed by atoms with Crippen molar-refractivity contribution in [2.75, 3.05) is 5.32 Å². The van der Waals surface area contributed by atoms with E-state index in [9.17, 15) is 4.79 Å². The summed E-state index contributed by atoms with van der Waals surface area (Å²) in [5.74, 6) is -0.359. The Morgan fingerprint density at radius 1 is 1.38 bits per heavy atom. The molecule has 1 aromatic carbocycles. The molecule has 0 fully saturated rings. The van der Waals surface area contributed by atoms with Crippen LogP contribution in [0.2, 0.25) is 0 Å². The number of nitrogens with two attached hydrogens (primary N) is 1. The van der Waals surface area contributed by atoms with E-state index in [1.165, 1.54) is 0 Å². The molecular weight excluding hydrogens is 164 g/mol. The molecule has 13 heavy (non-hydrogen) atoms. The van der Waals surface area contributed by atoms with Crippen LogP contribution in [0.4, 0.5) is 5.69 Å². The van der Waals surface area contributed by atoms with Crippen LogP contribution in [0, 0.1) is 0 Å². The Morgan fingerprint density at radius 3 is 2.92 bits per heavy atom. The third-order valence-electron chi connectivity index (χ3n) is 2.12. The molecule has 0 bridgehead atoms. The van der Waals surface area contributed by atoms with E-state index < -0.39 is 0 Å². The van der Waals surface area contributed by atoms with E-state index in [1.54, 1.807) is 6.20 Å². The second kappa shape index (κ2) is 2.94. The zero-order valence-electron chi connectivity index (χ0n) is 7.08. The fourth-order valence-corrected chi connectivity index (χ4v) is 1.39. The monoisotopic (exact) mass is 174 g/mol. The minimum atomic E-state index is -0.359. The zero-order chi connectivity index (χ0) is 9.26. The Balaban J connectivity index is 2.33. The van der Waals surface area contributed by atoms with Gasteiger partial charge in [0, 0.05) is 23.9 Å². The van der Waals surface area contributed by atoms with Gasteiger partial charge in [-0.25, -0.2) is 0 Å². The lowest BCUT2D eigenvalue weighted by atomic mass is 10.0. The second-order valence-electron chi connectivity index (χ2n) is 3.01. The first-order valence-corrected chi connectivity index (χ1v) is 4.10. The highest BCUT2D eigenvalue weighted by molar-refractivity contribution is 5.93. The van der Waals surface area contributed by atoms with Crippen LogP contribution < -0.4 is 11.1 Å². The summed E-state index contributed by atoms with van der Waals surface area (Å²) >= 11 is 0. The molecule has 0 saturated heterocycles. The number of carbonyl (C=O) groups is 1. The van der Waals surface area contributed by atoms with E-state index in [-0.39, 0.29) is 5.91 Å². The zero-order valence-corrected chi connectivity index (χ0v) is 7.08.